The van der Waals surface area contributed by atoms with Gasteiger partial charge in [-0.2, -0.15) is 0 Å². The Morgan fingerprint density at radius 2 is 1.97 bits per heavy atom. The van der Waals surface area contributed by atoms with E-state index in [4.69, 9.17) is 4.74 Å². The number of hydrogen-bond acceptors (Lipinski definition) is 4. The van der Waals surface area contributed by atoms with Crippen LogP contribution in [-0.2, 0) is 10.5 Å². The molecule has 2 atom stereocenters. The summed E-state index contributed by atoms with van der Waals surface area (Å²) in [6.45, 7) is 6.15. The van der Waals surface area contributed by atoms with Crippen LogP contribution >= 0.6 is 15.9 Å². The lowest BCUT2D eigenvalue weighted by Crippen LogP contribution is -2.63. The van der Waals surface area contributed by atoms with Crippen LogP contribution in [0.1, 0.15) is 32.8 Å². The Labute approximate surface area is 178 Å². The number of amides is 3. The molecule has 0 aliphatic carbocycles. The predicted molar refractivity (Wildman–Crippen MR) is 115 cm³/mol. The van der Waals surface area contributed by atoms with Crippen LogP contribution in [0, 0.1) is 0 Å². The van der Waals surface area contributed by atoms with Crippen molar-refractivity contribution in [3.05, 3.63) is 52.5 Å². The first kappa shape index (κ1) is 21.1. The van der Waals surface area contributed by atoms with Gasteiger partial charge in [0.1, 0.15) is 5.75 Å². The third-order valence-corrected chi connectivity index (χ3v) is 5.33. The van der Waals surface area contributed by atoms with Crippen LogP contribution in [0.25, 0.3) is 0 Å². The van der Waals surface area contributed by atoms with Gasteiger partial charge in [-0.15, -0.1) is 0 Å². The van der Waals surface area contributed by atoms with E-state index in [0.717, 1.165) is 4.90 Å². The number of ether oxygens (including phenoxy) is 1. The van der Waals surface area contributed by atoms with Gasteiger partial charge in [-0.3, -0.25) is 9.69 Å². The van der Waals surface area contributed by atoms with Gasteiger partial charge in [0, 0.05) is 21.8 Å². The lowest BCUT2D eigenvalue weighted by Gasteiger charge is -2.43. The molecule has 29 heavy (non-hydrogen) atoms. The van der Waals surface area contributed by atoms with Crippen LogP contribution in [0.4, 0.5) is 16.2 Å². The number of rotatable bonds is 6. The van der Waals surface area contributed by atoms with Crippen molar-refractivity contribution >= 4 is 39.2 Å². The molecule has 2 aromatic carbocycles. The highest BCUT2D eigenvalue weighted by atomic mass is 79.9. The molecule has 2 unspecified atom stereocenters. The molecule has 1 aliphatic heterocycles. The summed E-state index contributed by atoms with van der Waals surface area (Å²) in [6, 6.07) is 10.9. The molecule has 0 spiro atoms. The quantitative estimate of drug-likeness (QED) is 0.606. The number of hydrogen-bond donors (Lipinski definition) is 3. The van der Waals surface area contributed by atoms with E-state index >= 15 is 0 Å². The maximum Gasteiger partial charge on any atom is 0.329 e. The first-order chi connectivity index (χ1) is 13.8. The maximum atomic E-state index is 13.2. The molecular formula is C21H24BrN3O4. The molecule has 0 bridgehead atoms. The fourth-order valence-corrected chi connectivity index (χ4v) is 3.53. The van der Waals surface area contributed by atoms with Gasteiger partial charge >= 0.3 is 6.03 Å². The lowest BCUT2D eigenvalue weighted by atomic mass is 9.94. The van der Waals surface area contributed by atoms with Crippen LogP contribution in [0.5, 0.6) is 5.75 Å². The molecule has 3 rings (SSSR count). The van der Waals surface area contributed by atoms with Crippen LogP contribution in [0.15, 0.2) is 46.9 Å². The molecule has 154 valence electrons. The van der Waals surface area contributed by atoms with Crippen LogP contribution in [0.3, 0.4) is 0 Å². The summed E-state index contributed by atoms with van der Waals surface area (Å²) in [5.41, 5.74) is -1.21. The second-order valence-electron chi connectivity index (χ2n) is 6.84. The third kappa shape index (κ3) is 3.95. The highest BCUT2D eigenvalue weighted by Gasteiger charge is 2.52. The topological polar surface area (TPSA) is 90.9 Å². The fraction of sp³-hybridized carbons (Fsp3) is 0.333. The molecule has 3 amide bonds. The van der Waals surface area contributed by atoms with Crippen molar-refractivity contribution in [2.75, 3.05) is 16.8 Å². The summed E-state index contributed by atoms with van der Waals surface area (Å²) < 4.78 is 6.12. The van der Waals surface area contributed by atoms with Crippen molar-refractivity contribution in [1.82, 2.24) is 5.32 Å². The largest absolute Gasteiger partial charge is 0.494 e. The predicted octanol–water partition coefficient (Wildman–Crippen LogP) is 3.96. The first-order valence-electron chi connectivity index (χ1n) is 9.48. The average Bonchev–Trinajstić information content (AvgIpc) is 2.70. The SMILES string of the molecule is CCOc1ccc(N2C(=O)Nc3ccc(Br)cc3C2(O)C(=O)NC(C)CC)cc1. The van der Waals surface area contributed by atoms with Gasteiger partial charge in [0.2, 0.25) is 0 Å². The zero-order valence-corrected chi connectivity index (χ0v) is 18.1. The monoisotopic (exact) mass is 461 g/mol. The van der Waals surface area contributed by atoms with E-state index in [0.29, 0.717) is 34.6 Å². The van der Waals surface area contributed by atoms with Crippen molar-refractivity contribution < 1.29 is 19.4 Å². The van der Waals surface area contributed by atoms with Crippen LogP contribution < -0.4 is 20.3 Å². The lowest BCUT2D eigenvalue weighted by molar-refractivity contribution is -0.140. The summed E-state index contributed by atoms with van der Waals surface area (Å²) in [7, 11) is 0. The number of urea groups is 1. The minimum Gasteiger partial charge on any atom is -0.494 e. The average molecular weight is 462 g/mol. The summed E-state index contributed by atoms with van der Waals surface area (Å²) in [4.78, 5) is 27.3. The van der Waals surface area contributed by atoms with Gasteiger partial charge in [0.15, 0.2) is 0 Å². The molecule has 0 fully saturated rings. The second kappa shape index (κ2) is 8.42. The number of carbonyl (C=O) groups is 2. The Morgan fingerprint density at radius 1 is 1.28 bits per heavy atom. The standard InChI is InChI=1S/C21H24BrN3O4/c1-4-13(3)23-19(26)21(28)17-12-14(22)6-11-18(17)24-20(27)25(21)15-7-9-16(10-8-15)29-5-2/h6-13,28H,4-5H2,1-3H3,(H,23,26)(H,24,27). The zero-order valence-electron chi connectivity index (χ0n) is 16.5. The molecule has 0 saturated carbocycles. The van der Waals surface area contributed by atoms with E-state index in [9.17, 15) is 14.7 Å². The molecule has 0 radical (unpaired) electrons. The smallest absolute Gasteiger partial charge is 0.329 e. The number of nitrogens with one attached hydrogen (secondary N) is 2. The van der Waals surface area contributed by atoms with Gasteiger partial charge < -0.3 is 20.5 Å². The molecule has 0 aromatic heterocycles. The number of halogens is 1. The minimum atomic E-state index is -2.22. The van der Waals surface area contributed by atoms with Gasteiger partial charge in [-0.05, 0) is 62.7 Å². The number of carbonyl (C=O) groups excluding carboxylic acids is 2. The van der Waals surface area contributed by atoms with Gasteiger partial charge in [0.05, 0.1) is 12.3 Å². The van der Waals surface area contributed by atoms with E-state index in [-0.39, 0.29) is 11.6 Å². The van der Waals surface area contributed by atoms with Crippen molar-refractivity contribution in [3.8, 4) is 5.75 Å². The third-order valence-electron chi connectivity index (χ3n) is 4.84. The van der Waals surface area contributed by atoms with E-state index in [1.54, 1.807) is 42.5 Å². The molecule has 8 heteroatoms. The van der Waals surface area contributed by atoms with Crippen molar-refractivity contribution in [3.63, 3.8) is 0 Å². The molecule has 0 saturated heterocycles. The summed E-state index contributed by atoms with van der Waals surface area (Å²) in [6.07, 6.45) is 0.683. The Bertz CT molecular complexity index is 919. The molecule has 1 aliphatic rings. The Balaban J connectivity index is 2.14. The van der Waals surface area contributed by atoms with Crippen LogP contribution in [-0.4, -0.2) is 29.7 Å². The van der Waals surface area contributed by atoms with Gasteiger partial charge in [-0.1, -0.05) is 22.9 Å². The van der Waals surface area contributed by atoms with E-state index in [1.807, 2.05) is 20.8 Å². The van der Waals surface area contributed by atoms with Gasteiger partial charge in [-0.25, -0.2) is 4.79 Å². The number of aliphatic hydroxyl groups is 1. The number of benzene rings is 2. The molecular weight excluding hydrogens is 438 g/mol. The summed E-state index contributed by atoms with van der Waals surface area (Å²) in [5.74, 6) is -0.0423. The summed E-state index contributed by atoms with van der Waals surface area (Å²) in [5, 5.41) is 17.3. The van der Waals surface area contributed by atoms with Crippen molar-refractivity contribution in [1.29, 1.82) is 0 Å². The number of nitrogens with zero attached hydrogens (tertiary/aromatic N) is 1. The molecule has 7 nitrogen and oxygen atoms in total. The second-order valence-corrected chi connectivity index (χ2v) is 7.75. The number of anilines is 2. The molecule has 1 heterocycles. The van der Waals surface area contributed by atoms with Crippen molar-refractivity contribution in [2.45, 2.75) is 39.0 Å². The first-order valence-corrected chi connectivity index (χ1v) is 10.3. The van der Waals surface area contributed by atoms with E-state index in [1.165, 1.54) is 0 Å². The minimum absolute atomic E-state index is 0.172. The van der Waals surface area contributed by atoms with Gasteiger partial charge in [0.25, 0.3) is 11.6 Å². The molecule has 2 aromatic rings. The highest BCUT2D eigenvalue weighted by molar-refractivity contribution is 9.10. The Morgan fingerprint density at radius 3 is 2.59 bits per heavy atom. The normalized spacial score (nSPS) is 19.2. The number of fused-ring (bicyclic) bond motifs is 1. The zero-order chi connectivity index (χ0) is 21.2. The van der Waals surface area contributed by atoms with E-state index < -0.39 is 17.7 Å². The Hall–Kier alpha value is -2.58. The van der Waals surface area contributed by atoms with Crippen LogP contribution in [0.2, 0.25) is 0 Å². The molecule has 3 N–H and O–H groups in total. The fourth-order valence-electron chi connectivity index (χ4n) is 3.16. The van der Waals surface area contributed by atoms with E-state index in [2.05, 4.69) is 26.6 Å². The Kier molecular flexibility index (Phi) is 6.14. The summed E-state index contributed by atoms with van der Waals surface area (Å²) >= 11 is 3.38. The van der Waals surface area contributed by atoms with Crippen molar-refractivity contribution in [2.24, 2.45) is 0 Å². The highest BCUT2D eigenvalue weighted by Crippen LogP contribution is 2.41. The maximum absolute atomic E-state index is 13.2.